The fraction of sp³-hybridized carbons (Fsp3) is 0.276. The predicted molar refractivity (Wildman–Crippen MR) is 141 cm³/mol. The molecule has 8 nitrogen and oxygen atoms in total. The minimum Gasteiger partial charge on any atom is -0.478 e. The van der Waals surface area contributed by atoms with E-state index in [0.29, 0.717) is 23.2 Å². The lowest BCUT2D eigenvalue weighted by molar-refractivity contribution is -0.159. The van der Waals surface area contributed by atoms with Gasteiger partial charge < -0.3 is 9.84 Å². The Bertz CT molecular complexity index is 1220. The van der Waals surface area contributed by atoms with Crippen LogP contribution in [0.2, 0.25) is 0 Å². The zero-order valence-corrected chi connectivity index (χ0v) is 20.6. The van der Waals surface area contributed by atoms with E-state index < -0.39 is 18.0 Å². The number of amides is 2. The van der Waals surface area contributed by atoms with Gasteiger partial charge in [0, 0.05) is 24.1 Å². The van der Waals surface area contributed by atoms with Gasteiger partial charge >= 0.3 is 12.1 Å². The largest absolute Gasteiger partial charge is 0.478 e. The molecule has 3 rings (SSSR count). The lowest BCUT2D eigenvalue weighted by Gasteiger charge is -2.12. The number of carbonyl (C=O) groups is 3. The predicted octanol–water partition coefficient (Wildman–Crippen LogP) is 5.94. The number of aryl methyl sites for hydroxylation is 1. The topological polar surface area (TPSA) is 116 Å². The number of ether oxygens (including phenoxy) is 1. The van der Waals surface area contributed by atoms with E-state index in [9.17, 15) is 19.6 Å². The third kappa shape index (κ3) is 9.42. The molecule has 0 bridgehead atoms. The van der Waals surface area contributed by atoms with Crippen LogP contribution in [-0.2, 0) is 27.4 Å². The van der Waals surface area contributed by atoms with Gasteiger partial charge in [0.25, 0.3) is 5.91 Å². The first-order chi connectivity index (χ1) is 17.9. The van der Waals surface area contributed by atoms with Gasteiger partial charge in [-0.05, 0) is 41.8 Å². The van der Waals surface area contributed by atoms with Gasteiger partial charge in [0.2, 0.25) is 0 Å². The van der Waals surface area contributed by atoms with Crippen molar-refractivity contribution in [2.45, 2.75) is 45.1 Å². The van der Waals surface area contributed by atoms with E-state index in [2.05, 4.69) is 5.32 Å². The average Bonchev–Trinajstić information content (AvgIpc) is 2.90. The summed E-state index contributed by atoms with van der Waals surface area (Å²) in [6.45, 7) is 0.361. The van der Waals surface area contributed by atoms with Gasteiger partial charge in [0.1, 0.15) is 6.61 Å². The second-order valence-electron chi connectivity index (χ2n) is 8.70. The van der Waals surface area contributed by atoms with Crippen LogP contribution in [0.3, 0.4) is 0 Å². The minimum absolute atomic E-state index is 0.173. The first-order valence-corrected chi connectivity index (χ1v) is 12.3. The number of aliphatic carboxylic acids is 1. The van der Waals surface area contributed by atoms with Crippen LogP contribution in [0.5, 0.6) is 0 Å². The number of anilines is 1. The Kier molecular flexibility index (Phi) is 10.7. The Labute approximate surface area is 216 Å². The summed E-state index contributed by atoms with van der Waals surface area (Å²) >= 11 is 0. The van der Waals surface area contributed by atoms with Crippen LogP contribution in [0.25, 0.3) is 10.8 Å². The van der Waals surface area contributed by atoms with Crippen molar-refractivity contribution in [3.63, 3.8) is 0 Å². The van der Waals surface area contributed by atoms with E-state index >= 15 is 0 Å². The number of unbranched alkanes of at least 4 members (excludes halogenated alkanes) is 4. The molecule has 3 N–H and O–H groups in total. The maximum absolute atomic E-state index is 12.3. The molecular weight excluding hydrogens is 472 g/mol. The molecule has 0 atom stereocenters. The molecule has 0 radical (unpaired) electrons. The van der Waals surface area contributed by atoms with E-state index in [4.69, 9.17) is 9.84 Å². The summed E-state index contributed by atoms with van der Waals surface area (Å²) in [6.07, 6.45) is 6.51. The van der Waals surface area contributed by atoms with Crippen molar-refractivity contribution in [3.05, 3.63) is 90.0 Å². The maximum Gasteiger partial charge on any atom is 0.411 e. The van der Waals surface area contributed by atoms with Crippen LogP contribution >= 0.6 is 0 Å². The van der Waals surface area contributed by atoms with Crippen molar-refractivity contribution in [2.24, 2.45) is 0 Å². The summed E-state index contributed by atoms with van der Waals surface area (Å²) in [6, 6.07) is 21.6. The van der Waals surface area contributed by atoms with Crippen LogP contribution in [0.1, 0.15) is 43.2 Å². The Morgan fingerprint density at radius 2 is 1.49 bits per heavy atom. The number of hydroxylamine groups is 2. The van der Waals surface area contributed by atoms with Crippen LogP contribution in [0, 0.1) is 0 Å². The van der Waals surface area contributed by atoms with E-state index in [0.717, 1.165) is 54.5 Å². The number of fused-ring (bicyclic) bond motifs is 1. The molecule has 0 saturated carbocycles. The smallest absolute Gasteiger partial charge is 0.411 e. The number of nitrogens with one attached hydrogen (secondary N) is 1. The molecule has 0 aliphatic carbocycles. The molecule has 0 unspecified atom stereocenters. The van der Waals surface area contributed by atoms with Gasteiger partial charge in [-0.25, -0.2) is 14.7 Å². The van der Waals surface area contributed by atoms with Crippen LogP contribution in [0.15, 0.2) is 78.9 Å². The number of rotatable bonds is 13. The quantitative estimate of drug-likeness (QED) is 0.115. The average molecular weight is 505 g/mol. The zero-order valence-electron chi connectivity index (χ0n) is 20.6. The van der Waals surface area contributed by atoms with Gasteiger partial charge in [-0.3, -0.25) is 15.3 Å². The van der Waals surface area contributed by atoms with Crippen LogP contribution in [0.4, 0.5) is 10.5 Å². The van der Waals surface area contributed by atoms with Gasteiger partial charge in [-0.15, -0.1) is 0 Å². The second-order valence-corrected chi connectivity index (χ2v) is 8.70. The zero-order chi connectivity index (χ0) is 26.5. The Morgan fingerprint density at radius 1 is 0.811 bits per heavy atom. The highest BCUT2D eigenvalue weighted by Crippen LogP contribution is 2.23. The van der Waals surface area contributed by atoms with E-state index in [1.54, 1.807) is 0 Å². The normalized spacial score (nSPS) is 10.9. The lowest BCUT2D eigenvalue weighted by atomic mass is 10.0. The molecule has 0 heterocycles. The van der Waals surface area contributed by atoms with Crippen LogP contribution < -0.4 is 5.32 Å². The van der Waals surface area contributed by atoms with Crippen LogP contribution in [-0.4, -0.2) is 39.9 Å². The molecule has 2 amide bonds. The molecule has 3 aromatic rings. The number of hydrogen-bond acceptors (Lipinski definition) is 5. The SMILES string of the molecule is O=C(O)/C=C/C(=O)N(O)CCCCCCCc1ccc(COC(=O)Nc2cccc3ccccc23)cc1. The molecule has 37 heavy (non-hydrogen) atoms. The molecular formula is C29H32N2O6. The van der Waals surface area contributed by atoms with E-state index in [1.165, 1.54) is 5.56 Å². The molecule has 0 aromatic heterocycles. The Balaban J connectivity index is 1.29. The summed E-state index contributed by atoms with van der Waals surface area (Å²) in [5.41, 5.74) is 2.84. The third-order valence-corrected chi connectivity index (χ3v) is 5.88. The third-order valence-electron chi connectivity index (χ3n) is 5.88. The van der Waals surface area contributed by atoms with Gasteiger partial charge in [-0.1, -0.05) is 79.9 Å². The fourth-order valence-corrected chi connectivity index (χ4v) is 3.89. The van der Waals surface area contributed by atoms with Crippen molar-refractivity contribution in [1.82, 2.24) is 5.06 Å². The highest BCUT2D eigenvalue weighted by molar-refractivity contribution is 6.00. The Morgan fingerprint density at radius 3 is 2.27 bits per heavy atom. The van der Waals surface area contributed by atoms with Crippen molar-refractivity contribution < 1.29 is 29.4 Å². The van der Waals surface area contributed by atoms with Gasteiger partial charge in [0.15, 0.2) is 0 Å². The molecule has 0 aliphatic heterocycles. The first kappa shape index (κ1) is 27.4. The van der Waals surface area contributed by atoms with Crippen molar-refractivity contribution in [3.8, 4) is 0 Å². The van der Waals surface area contributed by atoms with E-state index in [1.807, 2.05) is 66.7 Å². The minimum atomic E-state index is -1.23. The van der Waals surface area contributed by atoms with Gasteiger partial charge in [0.05, 0.1) is 5.69 Å². The number of carboxylic acids is 1. The van der Waals surface area contributed by atoms with Crippen molar-refractivity contribution >= 4 is 34.4 Å². The monoisotopic (exact) mass is 504 g/mol. The summed E-state index contributed by atoms with van der Waals surface area (Å²) < 4.78 is 5.39. The molecule has 3 aromatic carbocycles. The number of carboxylic acid groups (broad SMARTS) is 1. The van der Waals surface area contributed by atoms with Crippen molar-refractivity contribution in [1.29, 1.82) is 0 Å². The molecule has 0 spiro atoms. The molecule has 0 fully saturated rings. The summed E-state index contributed by atoms with van der Waals surface area (Å²) in [4.78, 5) is 34.2. The molecule has 0 saturated heterocycles. The lowest BCUT2D eigenvalue weighted by Crippen LogP contribution is -2.26. The Hall–Kier alpha value is -4.17. The number of hydrogen-bond donors (Lipinski definition) is 3. The maximum atomic E-state index is 12.3. The standard InChI is InChI=1S/C29H32N2O6/c32-27(18-19-28(33)34)31(36)20-7-3-1-2-4-9-22-14-16-23(17-15-22)21-37-29(35)30-26-13-8-11-24-10-5-6-12-25(24)26/h5-6,8,10-19,36H,1-4,7,9,20-21H2,(H,30,35)(H,33,34)/b19-18+. The molecule has 0 aliphatic rings. The van der Waals surface area contributed by atoms with Crippen molar-refractivity contribution in [2.75, 3.05) is 11.9 Å². The summed E-state index contributed by atoms with van der Waals surface area (Å²) in [7, 11) is 0. The van der Waals surface area contributed by atoms with Gasteiger partial charge in [-0.2, -0.15) is 0 Å². The second kappa shape index (κ2) is 14.4. The number of benzene rings is 3. The summed E-state index contributed by atoms with van der Waals surface area (Å²) in [5, 5.41) is 23.4. The summed E-state index contributed by atoms with van der Waals surface area (Å²) in [5.74, 6) is -1.97. The highest BCUT2D eigenvalue weighted by Gasteiger charge is 2.08. The number of nitrogens with zero attached hydrogens (tertiary/aromatic N) is 1. The fourth-order valence-electron chi connectivity index (χ4n) is 3.89. The van der Waals surface area contributed by atoms with E-state index in [-0.39, 0.29) is 13.2 Å². The molecule has 8 heteroatoms. The highest BCUT2D eigenvalue weighted by atomic mass is 16.5. The number of carbonyl (C=O) groups excluding carboxylic acids is 2. The molecule has 194 valence electrons. The first-order valence-electron chi connectivity index (χ1n) is 12.3.